The van der Waals surface area contributed by atoms with Crippen LogP contribution < -0.4 is 10.1 Å². The monoisotopic (exact) mass is 410 g/mol. The molecule has 2 aromatic carbocycles. The van der Waals surface area contributed by atoms with E-state index in [1.807, 2.05) is 62.4 Å². The van der Waals surface area contributed by atoms with Crippen LogP contribution in [-0.4, -0.2) is 42.5 Å². The van der Waals surface area contributed by atoms with Gasteiger partial charge in [-0.2, -0.15) is 0 Å². The number of nitrogens with one attached hydrogen (secondary N) is 1. The summed E-state index contributed by atoms with van der Waals surface area (Å²) >= 11 is 0. The standard InChI is InChI=1S/C25H34N2O3/c1-5-6-15-26-25(29)21(4)27(16-14-22-10-8-7-9-11-22)24(28)18-30-23-13-12-19(2)17-20(23)3/h7-13,17,21H,5-6,14-16,18H2,1-4H3,(H,26,29). The molecule has 0 saturated carbocycles. The normalized spacial score (nSPS) is 11.6. The van der Waals surface area contributed by atoms with E-state index in [1.165, 1.54) is 0 Å². The van der Waals surface area contributed by atoms with E-state index in [2.05, 4.69) is 12.2 Å². The molecule has 30 heavy (non-hydrogen) atoms. The lowest BCUT2D eigenvalue weighted by molar-refractivity contribution is -0.141. The van der Waals surface area contributed by atoms with E-state index in [-0.39, 0.29) is 18.4 Å². The number of unbranched alkanes of at least 4 members (excludes halogenated alkanes) is 1. The zero-order valence-electron chi connectivity index (χ0n) is 18.6. The van der Waals surface area contributed by atoms with Crippen LogP contribution in [-0.2, 0) is 16.0 Å². The Bertz CT molecular complexity index is 820. The molecule has 2 amide bonds. The van der Waals surface area contributed by atoms with Crippen LogP contribution in [0.2, 0.25) is 0 Å². The van der Waals surface area contributed by atoms with Crippen LogP contribution in [0.4, 0.5) is 0 Å². The van der Waals surface area contributed by atoms with Crippen LogP contribution in [0.1, 0.15) is 43.4 Å². The van der Waals surface area contributed by atoms with Crippen LogP contribution in [0.3, 0.4) is 0 Å². The van der Waals surface area contributed by atoms with E-state index in [4.69, 9.17) is 4.74 Å². The molecule has 0 fully saturated rings. The largest absolute Gasteiger partial charge is 0.483 e. The molecule has 0 saturated heterocycles. The van der Waals surface area contributed by atoms with Crippen molar-refractivity contribution in [2.24, 2.45) is 0 Å². The number of nitrogens with zero attached hydrogens (tertiary/aromatic N) is 1. The Morgan fingerprint density at radius 1 is 1.10 bits per heavy atom. The molecule has 1 atom stereocenters. The van der Waals surface area contributed by atoms with E-state index in [0.29, 0.717) is 25.3 Å². The zero-order valence-corrected chi connectivity index (χ0v) is 18.6. The number of benzene rings is 2. The van der Waals surface area contributed by atoms with E-state index >= 15 is 0 Å². The molecule has 1 unspecified atom stereocenters. The zero-order chi connectivity index (χ0) is 21.9. The number of ether oxygens (including phenoxy) is 1. The topological polar surface area (TPSA) is 58.6 Å². The maximum atomic E-state index is 13.0. The number of rotatable bonds is 11. The molecule has 0 aliphatic carbocycles. The lowest BCUT2D eigenvalue weighted by atomic mass is 10.1. The molecule has 162 valence electrons. The van der Waals surface area contributed by atoms with Gasteiger partial charge in [0.25, 0.3) is 5.91 Å². The van der Waals surface area contributed by atoms with Crippen molar-refractivity contribution < 1.29 is 14.3 Å². The molecule has 1 N–H and O–H groups in total. The second-order valence-corrected chi connectivity index (χ2v) is 7.70. The smallest absolute Gasteiger partial charge is 0.261 e. The van der Waals surface area contributed by atoms with E-state index in [0.717, 1.165) is 29.5 Å². The van der Waals surface area contributed by atoms with Crippen molar-refractivity contribution in [3.05, 3.63) is 65.2 Å². The fourth-order valence-electron chi connectivity index (χ4n) is 3.29. The van der Waals surface area contributed by atoms with Gasteiger partial charge in [0, 0.05) is 13.1 Å². The maximum absolute atomic E-state index is 13.0. The molecule has 5 heteroatoms. The van der Waals surface area contributed by atoms with Gasteiger partial charge in [0.1, 0.15) is 11.8 Å². The second-order valence-electron chi connectivity index (χ2n) is 7.70. The first kappa shape index (κ1) is 23.5. The molecular weight excluding hydrogens is 376 g/mol. The predicted octanol–water partition coefficient (Wildman–Crippen LogP) is 4.06. The van der Waals surface area contributed by atoms with Crippen LogP contribution in [0.5, 0.6) is 5.75 Å². The number of hydrogen-bond donors (Lipinski definition) is 1. The van der Waals surface area contributed by atoms with E-state index in [1.54, 1.807) is 11.8 Å². The highest BCUT2D eigenvalue weighted by Crippen LogP contribution is 2.19. The van der Waals surface area contributed by atoms with Crippen molar-refractivity contribution in [2.75, 3.05) is 19.7 Å². The maximum Gasteiger partial charge on any atom is 0.261 e. The van der Waals surface area contributed by atoms with E-state index in [9.17, 15) is 9.59 Å². The van der Waals surface area contributed by atoms with E-state index < -0.39 is 6.04 Å². The molecule has 0 aliphatic heterocycles. The molecular formula is C25H34N2O3. The van der Waals surface area contributed by atoms with Crippen LogP contribution in [0.25, 0.3) is 0 Å². The van der Waals surface area contributed by atoms with Crippen molar-refractivity contribution >= 4 is 11.8 Å². The van der Waals surface area contributed by atoms with Gasteiger partial charge >= 0.3 is 0 Å². The Hall–Kier alpha value is -2.82. The van der Waals surface area contributed by atoms with Gasteiger partial charge in [-0.15, -0.1) is 0 Å². The van der Waals surface area contributed by atoms with Crippen molar-refractivity contribution in [1.82, 2.24) is 10.2 Å². The highest BCUT2D eigenvalue weighted by molar-refractivity contribution is 5.88. The van der Waals surface area contributed by atoms with Crippen LogP contribution in [0.15, 0.2) is 48.5 Å². The van der Waals surface area contributed by atoms with Crippen LogP contribution in [0, 0.1) is 13.8 Å². The minimum atomic E-state index is -0.555. The second kappa shape index (κ2) is 12.0. The SMILES string of the molecule is CCCCNC(=O)C(C)N(CCc1ccccc1)C(=O)COc1ccc(C)cc1C. The molecule has 2 aromatic rings. The van der Waals surface area contributed by atoms with Crippen molar-refractivity contribution in [3.63, 3.8) is 0 Å². The van der Waals surface area contributed by atoms with Gasteiger partial charge in [0.05, 0.1) is 0 Å². The molecule has 0 aromatic heterocycles. The molecule has 0 bridgehead atoms. The first-order chi connectivity index (χ1) is 14.4. The van der Waals surface area contributed by atoms with Crippen molar-refractivity contribution in [1.29, 1.82) is 0 Å². The Balaban J connectivity index is 2.05. The number of aryl methyl sites for hydroxylation is 2. The van der Waals surface area contributed by atoms with Gasteiger partial charge in [-0.1, -0.05) is 61.4 Å². The van der Waals surface area contributed by atoms with Crippen LogP contribution >= 0.6 is 0 Å². The third-order valence-electron chi connectivity index (χ3n) is 5.16. The average molecular weight is 411 g/mol. The summed E-state index contributed by atoms with van der Waals surface area (Å²) in [5.74, 6) is 0.373. The quantitative estimate of drug-likeness (QED) is 0.569. The fraction of sp³-hybridized carbons (Fsp3) is 0.440. The fourth-order valence-corrected chi connectivity index (χ4v) is 3.29. The van der Waals surface area contributed by atoms with Gasteiger partial charge in [0.15, 0.2) is 6.61 Å². The minimum absolute atomic E-state index is 0.0920. The Kier molecular flexibility index (Phi) is 9.39. The number of hydrogen-bond acceptors (Lipinski definition) is 3. The lowest BCUT2D eigenvalue weighted by Crippen LogP contribution is -2.50. The van der Waals surface area contributed by atoms with Gasteiger partial charge < -0.3 is 15.0 Å². The molecule has 0 spiro atoms. The Morgan fingerprint density at radius 3 is 2.50 bits per heavy atom. The summed E-state index contributed by atoms with van der Waals surface area (Å²) in [5, 5.41) is 2.93. The Morgan fingerprint density at radius 2 is 1.83 bits per heavy atom. The summed E-state index contributed by atoms with van der Waals surface area (Å²) < 4.78 is 5.79. The Labute approximate surface area is 180 Å². The molecule has 0 heterocycles. The van der Waals surface area contributed by atoms with Gasteiger partial charge in [-0.3, -0.25) is 9.59 Å². The van der Waals surface area contributed by atoms with Crippen molar-refractivity contribution in [3.8, 4) is 5.75 Å². The summed E-state index contributed by atoms with van der Waals surface area (Å²) in [6.07, 6.45) is 2.62. The lowest BCUT2D eigenvalue weighted by Gasteiger charge is -2.29. The molecule has 5 nitrogen and oxygen atoms in total. The minimum Gasteiger partial charge on any atom is -0.483 e. The van der Waals surface area contributed by atoms with Gasteiger partial charge in [-0.25, -0.2) is 0 Å². The first-order valence-electron chi connectivity index (χ1n) is 10.7. The van der Waals surface area contributed by atoms with Gasteiger partial charge in [-0.05, 0) is 50.8 Å². The summed E-state index contributed by atoms with van der Waals surface area (Å²) in [6, 6.07) is 15.3. The average Bonchev–Trinajstić information content (AvgIpc) is 2.74. The summed E-state index contributed by atoms with van der Waals surface area (Å²) in [7, 11) is 0. The number of carbonyl (C=O) groups excluding carboxylic acids is 2. The molecule has 2 rings (SSSR count). The number of amides is 2. The summed E-state index contributed by atoms with van der Waals surface area (Å²) in [6.45, 7) is 8.83. The first-order valence-corrected chi connectivity index (χ1v) is 10.7. The summed E-state index contributed by atoms with van der Waals surface area (Å²) in [4.78, 5) is 27.2. The third-order valence-corrected chi connectivity index (χ3v) is 5.16. The third kappa shape index (κ3) is 7.21. The highest BCUT2D eigenvalue weighted by atomic mass is 16.5. The molecule has 0 radical (unpaired) electrons. The predicted molar refractivity (Wildman–Crippen MR) is 121 cm³/mol. The van der Waals surface area contributed by atoms with Gasteiger partial charge in [0.2, 0.25) is 5.91 Å². The highest BCUT2D eigenvalue weighted by Gasteiger charge is 2.26. The number of carbonyl (C=O) groups is 2. The molecule has 0 aliphatic rings. The van der Waals surface area contributed by atoms with Crippen molar-refractivity contribution in [2.45, 2.75) is 53.0 Å². The summed E-state index contributed by atoms with van der Waals surface area (Å²) in [5.41, 5.74) is 3.27.